The molecule has 1 N–H and O–H groups in total. The number of amides is 1. The summed E-state index contributed by atoms with van der Waals surface area (Å²) in [6.07, 6.45) is 1.86. The Morgan fingerprint density at radius 2 is 2.00 bits per heavy atom. The van der Waals surface area contributed by atoms with Crippen molar-refractivity contribution in [3.05, 3.63) is 47.9 Å². The number of aromatic nitrogens is 2. The van der Waals surface area contributed by atoms with E-state index in [1.165, 1.54) is 12.1 Å². The first kappa shape index (κ1) is 13.3. The predicted octanol–water partition coefficient (Wildman–Crippen LogP) is 2.78. The van der Waals surface area contributed by atoms with Crippen molar-refractivity contribution in [2.24, 2.45) is 0 Å². The van der Waals surface area contributed by atoms with Gasteiger partial charge in [0.1, 0.15) is 11.6 Å². The molecule has 0 saturated carbocycles. The van der Waals surface area contributed by atoms with Gasteiger partial charge in [-0.25, -0.2) is 9.07 Å². The summed E-state index contributed by atoms with van der Waals surface area (Å²) in [5.41, 5.74) is 0.773. The lowest BCUT2D eigenvalue weighted by molar-refractivity contribution is -0.115. The van der Waals surface area contributed by atoms with Crippen LogP contribution in [0.25, 0.3) is 0 Å². The minimum Gasteiger partial charge on any atom is -0.311 e. The zero-order valence-electron chi connectivity index (χ0n) is 10.9. The van der Waals surface area contributed by atoms with Gasteiger partial charge in [0.2, 0.25) is 5.91 Å². The van der Waals surface area contributed by atoms with Crippen LogP contribution < -0.4 is 5.32 Å². The van der Waals surface area contributed by atoms with E-state index in [1.807, 2.05) is 13.8 Å². The van der Waals surface area contributed by atoms with Gasteiger partial charge in [-0.3, -0.25) is 4.79 Å². The molecule has 0 atom stereocenters. The maximum absolute atomic E-state index is 12.8. The van der Waals surface area contributed by atoms with E-state index in [0.717, 1.165) is 5.56 Å². The fourth-order valence-electron chi connectivity index (χ4n) is 1.80. The third kappa shape index (κ3) is 3.40. The molecule has 0 saturated heterocycles. The zero-order chi connectivity index (χ0) is 13.8. The molecule has 0 unspecified atom stereocenters. The maximum Gasteiger partial charge on any atom is 0.229 e. The number of hydrogen-bond acceptors (Lipinski definition) is 2. The Morgan fingerprint density at radius 3 is 2.63 bits per heavy atom. The van der Waals surface area contributed by atoms with Crippen molar-refractivity contribution in [3.8, 4) is 0 Å². The summed E-state index contributed by atoms with van der Waals surface area (Å²) in [6, 6.07) is 7.84. The van der Waals surface area contributed by atoms with Crippen molar-refractivity contribution >= 4 is 11.7 Å². The number of benzene rings is 1. The molecule has 1 amide bonds. The molecule has 1 aromatic carbocycles. The van der Waals surface area contributed by atoms with Gasteiger partial charge in [-0.05, 0) is 31.5 Å². The van der Waals surface area contributed by atoms with Crippen molar-refractivity contribution < 1.29 is 9.18 Å². The van der Waals surface area contributed by atoms with Crippen LogP contribution in [0.3, 0.4) is 0 Å². The molecule has 2 rings (SSSR count). The van der Waals surface area contributed by atoms with E-state index >= 15 is 0 Å². The standard InChI is InChI=1S/C14H16FN3O/c1-10(2)18-13(7-8-16-18)17-14(19)9-11-3-5-12(15)6-4-11/h3-8,10H,9H2,1-2H3,(H,17,19). The average Bonchev–Trinajstić information content (AvgIpc) is 2.80. The molecular formula is C14H16FN3O. The highest BCUT2D eigenvalue weighted by atomic mass is 19.1. The average molecular weight is 261 g/mol. The molecule has 2 aromatic rings. The molecule has 19 heavy (non-hydrogen) atoms. The van der Waals surface area contributed by atoms with Gasteiger partial charge in [0.15, 0.2) is 0 Å². The first-order valence-electron chi connectivity index (χ1n) is 6.14. The molecule has 0 aliphatic heterocycles. The lowest BCUT2D eigenvalue weighted by atomic mass is 10.1. The second-order valence-corrected chi connectivity index (χ2v) is 4.61. The molecule has 0 aliphatic carbocycles. The molecule has 0 fully saturated rings. The third-order valence-electron chi connectivity index (χ3n) is 2.70. The summed E-state index contributed by atoms with van der Waals surface area (Å²) < 4.78 is 14.5. The van der Waals surface area contributed by atoms with Crippen molar-refractivity contribution in [1.29, 1.82) is 0 Å². The van der Waals surface area contributed by atoms with Gasteiger partial charge < -0.3 is 5.32 Å². The van der Waals surface area contributed by atoms with Crippen LogP contribution in [0.2, 0.25) is 0 Å². The van der Waals surface area contributed by atoms with Gasteiger partial charge in [0.05, 0.1) is 12.6 Å². The minimum atomic E-state index is -0.304. The van der Waals surface area contributed by atoms with E-state index in [-0.39, 0.29) is 24.2 Å². The van der Waals surface area contributed by atoms with Crippen LogP contribution >= 0.6 is 0 Å². The smallest absolute Gasteiger partial charge is 0.229 e. The third-order valence-corrected chi connectivity index (χ3v) is 2.70. The van der Waals surface area contributed by atoms with Gasteiger partial charge in [0, 0.05) is 12.1 Å². The number of carbonyl (C=O) groups is 1. The lowest BCUT2D eigenvalue weighted by Gasteiger charge is -2.11. The minimum absolute atomic E-state index is 0.144. The predicted molar refractivity (Wildman–Crippen MR) is 71.3 cm³/mol. The van der Waals surface area contributed by atoms with Crippen LogP contribution in [0.5, 0.6) is 0 Å². The second-order valence-electron chi connectivity index (χ2n) is 4.61. The van der Waals surface area contributed by atoms with E-state index in [2.05, 4.69) is 10.4 Å². The quantitative estimate of drug-likeness (QED) is 0.920. The number of rotatable bonds is 4. The van der Waals surface area contributed by atoms with Crippen molar-refractivity contribution in [1.82, 2.24) is 9.78 Å². The molecule has 0 spiro atoms. The van der Waals surface area contributed by atoms with Gasteiger partial charge in [-0.15, -0.1) is 0 Å². The van der Waals surface area contributed by atoms with Crippen LogP contribution in [0.4, 0.5) is 10.2 Å². The van der Waals surface area contributed by atoms with Gasteiger partial charge in [-0.1, -0.05) is 12.1 Å². The Bertz CT molecular complexity index is 560. The van der Waals surface area contributed by atoms with E-state index in [4.69, 9.17) is 0 Å². The van der Waals surface area contributed by atoms with Crippen molar-refractivity contribution in [2.75, 3.05) is 5.32 Å². The van der Waals surface area contributed by atoms with E-state index < -0.39 is 0 Å². The van der Waals surface area contributed by atoms with Crippen LogP contribution in [0, 0.1) is 5.82 Å². The van der Waals surface area contributed by atoms with Crippen molar-refractivity contribution in [3.63, 3.8) is 0 Å². The molecule has 1 heterocycles. The topological polar surface area (TPSA) is 46.9 Å². The summed E-state index contributed by atoms with van der Waals surface area (Å²) in [6.45, 7) is 3.98. The zero-order valence-corrected chi connectivity index (χ0v) is 10.9. The molecule has 0 radical (unpaired) electrons. The number of halogens is 1. The van der Waals surface area contributed by atoms with Crippen LogP contribution in [-0.2, 0) is 11.2 Å². The Balaban J connectivity index is 2.01. The fraction of sp³-hybridized carbons (Fsp3) is 0.286. The van der Waals surface area contributed by atoms with E-state index in [0.29, 0.717) is 5.82 Å². The van der Waals surface area contributed by atoms with Crippen LogP contribution in [0.1, 0.15) is 25.5 Å². The first-order valence-corrected chi connectivity index (χ1v) is 6.14. The number of carbonyl (C=O) groups excluding carboxylic acids is 1. The summed E-state index contributed by atoms with van der Waals surface area (Å²) in [4.78, 5) is 11.9. The molecule has 100 valence electrons. The molecule has 0 bridgehead atoms. The van der Waals surface area contributed by atoms with Crippen LogP contribution in [0.15, 0.2) is 36.5 Å². The summed E-state index contributed by atoms with van der Waals surface area (Å²) in [7, 11) is 0. The molecule has 5 heteroatoms. The second kappa shape index (κ2) is 5.65. The highest BCUT2D eigenvalue weighted by Gasteiger charge is 2.09. The summed E-state index contributed by atoms with van der Waals surface area (Å²) >= 11 is 0. The highest BCUT2D eigenvalue weighted by Crippen LogP contribution is 2.13. The molecule has 0 aliphatic rings. The number of nitrogens with zero attached hydrogens (tertiary/aromatic N) is 2. The molecule has 4 nitrogen and oxygen atoms in total. The largest absolute Gasteiger partial charge is 0.311 e. The Morgan fingerprint density at radius 1 is 1.32 bits per heavy atom. The Kier molecular flexibility index (Phi) is 3.94. The summed E-state index contributed by atoms with van der Waals surface area (Å²) in [5.74, 6) is 0.221. The lowest BCUT2D eigenvalue weighted by Crippen LogP contribution is -2.18. The van der Waals surface area contributed by atoms with E-state index in [9.17, 15) is 9.18 Å². The Hall–Kier alpha value is -2.17. The van der Waals surface area contributed by atoms with Gasteiger partial charge >= 0.3 is 0 Å². The van der Waals surface area contributed by atoms with Crippen LogP contribution in [-0.4, -0.2) is 15.7 Å². The SMILES string of the molecule is CC(C)n1nccc1NC(=O)Cc1ccc(F)cc1. The number of nitrogens with one attached hydrogen (secondary N) is 1. The normalized spacial score (nSPS) is 10.7. The van der Waals surface area contributed by atoms with Gasteiger partial charge in [0.25, 0.3) is 0 Å². The monoisotopic (exact) mass is 261 g/mol. The Labute approximate surface area is 111 Å². The van der Waals surface area contributed by atoms with E-state index in [1.54, 1.807) is 29.1 Å². The number of hydrogen-bond donors (Lipinski definition) is 1. The fourth-order valence-corrected chi connectivity index (χ4v) is 1.80. The number of anilines is 1. The van der Waals surface area contributed by atoms with Gasteiger partial charge in [-0.2, -0.15) is 5.10 Å². The first-order chi connectivity index (χ1) is 9.06. The maximum atomic E-state index is 12.8. The van der Waals surface area contributed by atoms with Crippen molar-refractivity contribution in [2.45, 2.75) is 26.3 Å². The summed E-state index contributed by atoms with van der Waals surface area (Å²) in [5, 5.41) is 6.94. The molecular weight excluding hydrogens is 245 g/mol. The highest BCUT2D eigenvalue weighted by molar-refractivity contribution is 5.91. The molecule has 1 aromatic heterocycles.